The van der Waals surface area contributed by atoms with Crippen LogP contribution in [-0.2, 0) is 0 Å². The molecular formula is C30H25NO3. The van der Waals surface area contributed by atoms with E-state index in [0.29, 0.717) is 10.8 Å². The molecule has 0 N–H and O–H groups in total. The Morgan fingerprint density at radius 3 is 1.82 bits per heavy atom. The molecule has 0 atom stereocenters. The molecule has 4 heteroatoms. The summed E-state index contributed by atoms with van der Waals surface area (Å²) in [6, 6.07) is 12.5. The lowest BCUT2D eigenvalue weighted by molar-refractivity contribution is 0.133. The Bertz CT molecular complexity index is 2040. The van der Waals surface area contributed by atoms with Gasteiger partial charge in [0.2, 0.25) is 0 Å². The third-order valence-corrected chi connectivity index (χ3v) is 7.39. The molecule has 0 saturated carbocycles. The van der Waals surface area contributed by atoms with Gasteiger partial charge in [-0.25, -0.2) is 0 Å². The molecule has 4 nitrogen and oxygen atoms in total. The van der Waals surface area contributed by atoms with E-state index in [1.807, 2.05) is 40.7 Å². The first-order valence-electron chi connectivity index (χ1n) is 11.9. The molecule has 7 rings (SSSR count). The van der Waals surface area contributed by atoms with Gasteiger partial charge < -0.3 is 4.74 Å². The van der Waals surface area contributed by atoms with Crippen LogP contribution in [0, 0.1) is 6.92 Å². The predicted molar refractivity (Wildman–Crippen MR) is 142 cm³/mol. The minimum absolute atomic E-state index is 0.197. The Labute approximate surface area is 195 Å². The molecule has 0 bridgehead atoms. The van der Waals surface area contributed by atoms with Crippen LogP contribution >= 0.6 is 0 Å². The van der Waals surface area contributed by atoms with Gasteiger partial charge in [0.1, 0.15) is 11.4 Å². The average molecular weight is 448 g/mol. The minimum Gasteiger partial charge on any atom is -0.487 e. The fourth-order valence-electron chi connectivity index (χ4n) is 6.23. The zero-order valence-corrected chi connectivity index (χ0v) is 20.2. The molecule has 1 heterocycles. The number of hydrogen-bond donors (Lipinski definition) is 0. The van der Waals surface area contributed by atoms with E-state index in [2.05, 4.69) is 37.3 Å². The maximum atomic E-state index is 13.7. The summed E-state index contributed by atoms with van der Waals surface area (Å²) in [4.78, 5) is 27.4. The van der Waals surface area contributed by atoms with Gasteiger partial charge in [0.05, 0.1) is 10.8 Å². The molecule has 7 aromatic rings. The predicted octanol–water partition coefficient (Wildman–Crippen LogP) is 6.95. The first-order chi connectivity index (χ1) is 16.1. The zero-order chi connectivity index (χ0) is 23.8. The van der Waals surface area contributed by atoms with E-state index in [9.17, 15) is 9.59 Å². The maximum Gasteiger partial charge on any atom is 0.262 e. The molecule has 168 valence electrons. The van der Waals surface area contributed by atoms with E-state index in [-0.39, 0.29) is 17.2 Å². The molecule has 0 fully saturated rings. The second-order valence-corrected chi connectivity index (χ2v) is 11.0. The van der Waals surface area contributed by atoms with Crippen LogP contribution in [0.4, 0.5) is 0 Å². The van der Waals surface area contributed by atoms with Gasteiger partial charge in [0.15, 0.2) is 0 Å². The molecule has 0 aliphatic heterocycles. The van der Waals surface area contributed by atoms with Gasteiger partial charge in [0.25, 0.3) is 11.1 Å². The van der Waals surface area contributed by atoms with Crippen LogP contribution in [0.3, 0.4) is 0 Å². The van der Waals surface area contributed by atoms with Crippen molar-refractivity contribution in [3.8, 4) is 5.75 Å². The van der Waals surface area contributed by atoms with Gasteiger partial charge in [-0.3, -0.25) is 14.2 Å². The molecule has 0 saturated heterocycles. The standard InChI is InChI=1S/C30H25NO3/c1-13(2)31-28(32)26-18-11-14(3)16-9-7-15-8-10-17-20(34-30(4,5)6)12-19(27(26)29(31)33)25-23(17)21(15)22(16)24(18)25/h7-13H,1-6H3. The number of ether oxygens (including phenoxy) is 1. The Morgan fingerprint density at radius 2 is 1.24 bits per heavy atom. The third kappa shape index (κ3) is 2.15. The van der Waals surface area contributed by atoms with Gasteiger partial charge in [0, 0.05) is 22.2 Å². The van der Waals surface area contributed by atoms with Gasteiger partial charge in [-0.05, 0) is 103 Å². The Balaban J connectivity index is 1.91. The second kappa shape index (κ2) is 5.87. The van der Waals surface area contributed by atoms with E-state index in [1.165, 1.54) is 26.1 Å². The lowest BCUT2D eigenvalue weighted by atomic mass is 9.93. The normalized spacial score (nSPS) is 13.5. The molecule has 0 spiro atoms. The number of nitrogens with zero attached hydrogens (tertiary/aromatic N) is 1. The first-order valence-corrected chi connectivity index (χ1v) is 11.9. The summed E-state index contributed by atoms with van der Waals surface area (Å²) in [6.45, 7) is 12.0. The lowest BCUT2D eigenvalue weighted by Gasteiger charge is -2.23. The number of fused-ring (bicyclic) bond motifs is 3. The molecule has 0 unspecified atom stereocenters. The van der Waals surface area contributed by atoms with Crippen molar-refractivity contribution in [1.82, 2.24) is 4.57 Å². The van der Waals surface area contributed by atoms with Crippen molar-refractivity contribution in [3.63, 3.8) is 0 Å². The smallest absolute Gasteiger partial charge is 0.262 e. The van der Waals surface area contributed by atoms with E-state index < -0.39 is 5.60 Å². The van der Waals surface area contributed by atoms with E-state index >= 15 is 0 Å². The summed E-state index contributed by atoms with van der Waals surface area (Å²) in [5.74, 6) is 0.753. The molecule has 0 aliphatic rings. The summed E-state index contributed by atoms with van der Waals surface area (Å²) in [5, 5.41) is 11.9. The number of hydrogen-bond acceptors (Lipinski definition) is 3. The lowest BCUT2D eigenvalue weighted by Crippen LogP contribution is -2.27. The van der Waals surface area contributed by atoms with Crippen molar-refractivity contribution in [3.05, 3.63) is 62.7 Å². The first kappa shape index (κ1) is 19.8. The van der Waals surface area contributed by atoms with Crippen LogP contribution < -0.4 is 15.9 Å². The van der Waals surface area contributed by atoms with Crippen LogP contribution in [0.25, 0.3) is 64.6 Å². The van der Waals surface area contributed by atoms with Crippen molar-refractivity contribution >= 4 is 64.6 Å². The van der Waals surface area contributed by atoms with E-state index in [0.717, 1.165) is 43.6 Å². The van der Waals surface area contributed by atoms with Crippen LogP contribution in [0.15, 0.2) is 46.0 Å². The van der Waals surface area contributed by atoms with Gasteiger partial charge in [-0.2, -0.15) is 0 Å². The monoisotopic (exact) mass is 447 g/mol. The molecule has 1 aromatic heterocycles. The van der Waals surface area contributed by atoms with E-state index in [4.69, 9.17) is 4.74 Å². The number of rotatable bonds is 2. The highest BCUT2D eigenvalue weighted by atomic mass is 16.5. The summed E-state index contributed by atoms with van der Waals surface area (Å²) in [7, 11) is 0. The Kier molecular flexibility index (Phi) is 3.42. The van der Waals surface area contributed by atoms with Crippen molar-refractivity contribution in [2.24, 2.45) is 0 Å². The molecule has 6 aromatic carbocycles. The largest absolute Gasteiger partial charge is 0.487 e. The molecular weight excluding hydrogens is 422 g/mol. The fourth-order valence-corrected chi connectivity index (χ4v) is 6.23. The number of aromatic nitrogens is 1. The fraction of sp³-hybridized carbons (Fsp3) is 0.267. The molecule has 34 heavy (non-hydrogen) atoms. The van der Waals surface area contributed by atoms with Crippen LogP contribution in [0.2, 0.25) is 0 Å². The van der Waals surface area contributed by atoms with Crippen molar-refractivity contribution in [2.45, 2.75) is 53.2 Å². The van der Waals surface area contributed by atoms with Crippen LogP contribution in [0.1, 0.15) is 46.2 Å². The highest BCUT2D eigenvalue weighted by Gasteiger charge is 2.29. The highest BCUT2D eigenvalue weighted by molar-refractivity contribution is 6.48. The second-order valence-electron chi connectivity index (χ2n) is 11.0. The third-order valence-electron chi connectivity index (χ3n) is 7.39. The molecule has 0 amide bonds. The molecule has 0 radical (unpaired) electrons. The van der Waals surface area contributed by atoms with Crippen LogP contribution in [-0.4, -0.2) is 10.2 Å². The van der Waals surface area contributed by atoms with Gasteiger partial charge >= 0.3 is 0 Å². The highest BCUT2D eigenvalue weighted by Crippen LogP contribution is 2.52. The van der Waals surface area contributed by atoms with Gasteiger partial charge in [-0.15, -0.1) is 0 Å². The Morgan fingerprint density at radius 1 is 0.706 bits per heavy atom. The van der Waals surface area contributed by atoms with Crippen molar-refractivity contribution < 1.29 is 4.74 Å². The zero-order valence-electron chi connectivity index (χ0n) is 20.2. The number of benzene rings is 5. The minimum atomic E-state index is -0.407. The summed E-state index contributed by atoms with van der Waals surface area (Å²) in [6.07, 6.45) is 0. The summed E-state index contributed by atoms with van der Waals surface area (Å²) < 4.78 is 7.87. The number of aryl methyl sites for hydroxylation is 1. The quantitative estimate of drug-likeness (QED) is 0.270. The van der Waals surface area contributed by atoms with Crippen molar-refractivity contribution in [2.75, 3.05) is 0 Å². The topological polar surface area (TPSA) is 48.3 Å². The Hall–Kier alpha value is -3.66. The van der Waals surface area contributed by atoms with E-state index in [1.54, 1.807) is 0 Å². The average Bonchev–Trinajstić information content (AvgIpc) is 3.24. The summed E-state index contributed by atoms with van der Waals surface area (Å²) >= 11 is 0. The SMILES string of the molecule is Cc1cc2c3c(=O)n(C(C)C)c(=O)c3c3cc(OC(C)(C)C)c4ccc5ccc1c1c5c4c3c21. The van der Waals surface area contributed by atoms with Gasteiger partial charge in [-0.1, -0.05) is 18.2 Å². The van der Waals surface area contributed by atoms with Crippen molar-refractivity contribution in [1.29, 1.82) is 0 Å². The summed E-state index contributed by atoms with van der Waals surface area (Å²) in [5.41, 5.74) is 0.303. The molecule has 0 aliphatic carbocycles. The maximum absolute atomic E-state index is 13.7. The van der Waals surface area contributed by atoms with Crippen LogP contribution in [0.5, 0.6) is 5.75 Å².